The number of hydrogen-bond acceptors (Lipinski definition) is 3. The highest BCUT2D eigenvalue weighted by Gasteiger charge is 2.25. The van der Waals surface area contributed by atoms with Crippen LogP contribution >= 0.6 is 0 Å². The van der Waals surface area contributed by atoms with Crippen LogP contribution in [0.1, 0.15) is 24.8 Å². The van der Waals surface area contributed by atoms with Gasteiger partial charge in [-0.3, -0.25) is 9.59 Å². The summed E-state index contributed by atoms with van der Waals surface area (Å²) in [7, 11) is 1.63. The lowest BCUT2D eigenvalue weighted by Crippen LogP contribution is -2.41. The number of nitrogens with one attached hydrogen (secondary N) is 2. The highest BCUT2D eigenvalue weighted by atomic mass is 16.5. The third kappa shape index (κ3) is 4.77. The van der Waals surface area contributed by atoms with E-state index in [0.29, 0.717) is 6.54 Å². The van der Waals surface area contributed by atoms with Gasteiger partial charge in [0.25, 0.3) is 0 Å². The molecule has 114 valence electrons. The molecule has 0 aliphatic heterocycles. The van der Waals surface area contributed by atoms with Crippen molar-refractivity contribution in [1.82, 2.24) is 10.6 Å². The molecule has 1 aliphatic carbocycles. The topological polar surface area (TPSA) is 67.4 Å². The average Bonchev–Trinajstić information content (AvgIpc) is 2.43. The van der Waals surface area contributed by atoms with Crippen molar-refractivity contribution in [1.29, 1.82) is 0 Å². The Labute approximate surface area is 125 Å². The van der Waals surface area contributed by atoms with Gasteiger partial charge in [-0.15, -0.1) is 0 Å². The summed E-state index contributed by atoms with van der Waals surface area (Å²) in [6, 6.07) is 7.75. The van der Waals surface area contributed by atoms with E-state index in [9.17, 15) is 9.59 Å². The fourth-order valence-corrected chi connectivity index (χ4v) is 2.22. The molecule has 1 aromatic rings. The predicted octanol–water partition coefficient (Wildman–Crippen LogP) is 1.27. The van der Waals surface area contributed by atoms with E-state index in [1.807, 2.05) is 24.3 Å². The monoisotopic (exact) mass is 290 g/mol. The van der Waals surface area contributed by atoms with Gasteiger partial charge in [0, 0.05) is 12.5 Å². The van der Waals surface area contributed by atoms with Crippen molar-refractivity contribution in [2.45, 2.75) is 25.7 Å². The summed E-state index contributed by atoms with van der Waals surface area (Å²) in [5, 5.41) is 5.48. The molecule has 2 rings (SSSR count). The highest BCUT2D eigenvalue weighted by molar-refractivity contribution is 5.86. The molecule has 2 N–H and O–H groups in total. The van der Waals surface area contributed by atoms with Crippen molar-refractivity contribution in [3.8, 4) is 5.75 Å². The standard InChI is InChI=1S/C16H22N2O3/c1-21-14-7-2-4-12(10-14)8-9-17-15(19)11-18-16(20)13-5-3-6-13/h2,4,7,10,13H,3,5-6,8-9,11H2,1H3,(H,17,19)(H,18,20). The van der Waals surface area contributed by atoms with E-state index in [1.165, 1.54) is 0 Å². The Bertz CT molecular complexity index is 498. The van der Waals surface area contributed by atoms with Crippen molar-refractivity contribution in [2.24, 2.45) is 5.92 Å². The zero-order valence-electron chi connectivity index (χ0n) is 12.4. The Hall–Kier alpha value is -2.04. The van der Waals surface area contributed by atoms with Crippen LogP contribution in [0.15, 0.2) is 24.3 Å². The predicted molar refractivity (Wildman–Crippen MR) is 80.1 cm³/mol. The number of hydrogen-bond donors (Lipinski definition) is 2. The Kier molecular flexibility index (Phi) is 5.60. The molecule has 0 radical (unpaired) electrons. The normalized spacial score (nSPS) is 14.1. The molecule has 0 aromatic heterocycles. The average molecular weight is 290 g/mol. The third-order valence-electron chi connectivity index (χ3n) is 3.77. The molecule has 5 heteroatoms. The molecule has 0 unspecified atom stereocenters. The van der Waals surface area contributed by atoms with Crippen molar-refractivity contribution in [2.75, 3.05) is 20.2 Å². The van der Waals surface area contributed by atoms with Gasteiger partial charge in [0.05, 0.1) is 13.7 Å². The van der Waals surface area contributed by atoms with Gasteiger partial charge in [0.2, 0.25) is 11.8 Å². The van der Waals surface area contributed by atoms with E-state index in [4.69, 9.17) is 4.74 Å². The Morgan fingerprint density at radius 2 is 2.10 bits per heavy atom. The van der Waals surface area contributed by atoms with Gasteiger partial charge in [-0.1, -0.05) is 18.6 Å². The van der Waals surface area contributed by atoms with Gasteiger partial charge in [-0.25, -0.2) is 0 Å². The zero-order valence-corrected chi connectivity index (χ0v) is 12.4. The maximum Gasteiger partial charge on any atom is 0.239 e. The van der Waals surface area contributed by atoms with Crippen LogP contribution in [0.5, 0.6) is 5.75 Å². The van der Waals surface area contributed by atoms with Gasteiger partial charge in [-0.2, -0.15) is 0 Å². The second kappa shape index (κ2) is 7.67. The van der Waals surface area contributed by atoms with Crippen molar-refractivity contribution >= 4 is 11.8 Å². The molecule has 0 saturated heterocycles. The fraction of sp³-hybridized carbons (Fsp3) is 0.500. The molecule has 2 amide bonds. The smallest absolute Gasteiger partial charge is 0.239 e. The van der Waals surface area contributed by atoms with Crippen LogP contribution in [0.3, 0.4) is 0 Å². The summed E-state index contributed by atoms with van der Waals surface area (Å²) in [5.41, 5.74) is 1.10. The largest absolute Gasteiger partial charge is 0.497 e. The fourth-order valence-electron chi connectivity index (χ4n) is 2.22. The van der Waals surface area contributed by atoms with E-state index >= 15 is 0 Å². The summed E-state index contributed by atoms with van der Waals surface area (Å²) >= 11 is 0. The minimum Gasteiger partial charge on any atom is -0.497 e. The molecule has 5 nitrogen and oxygen atoms in total. The van der Waals surface area contributed by atoms with Gasteiger partial charge in [0.1, 0.15) is 5.75 Å². The first-order chi connectivity index (χ1) is 10.2. The first-order valence-corrected chi connectivity index (χ1v) is 7.36. The maximum absolute atomic E-state index is 11.6. The Morgan fingerprint density at radius 1 is 1.29 bits per heavy atom. The molecule has 1 aromatic carbocycles. The van der Waals surface area contributed by atoms with E-state index in [-0.39, 0.29) is 24.3 Å². The van der Waals surface area contributed by atoms with E-state index in [1.54, 1.807) is 7.11 Å². The van der Waals surface area contributed by atoms with E-state index < -0.39 is 0 Å². The molecule has 0 atom stereocenters. The molecule has 1 fully saturated rings. The van der Waals surface area contributed by atoms with Gasteiger partial charge >= 0.3 is 0 Å². The minimum absolute atomic E-state index is 0.00388. The lowest BCUT2D eigenvalue weighted by molar-refractivity contribution is -0.130. The number of carbonyl (C=O) groups excluding carboxylic acids is 2. The summed E-state index contributed by atoms with van der Waals surface area (Å²) in [6.45, 7) is 0.610. The zero-order chi connectivity index (χ0) is 15.1. The Morgan fingerprint density at radius 3 is 2.76 bits per heavy atom. The van der Waals surface area contributed by atoms with E-state index in [0.717, 1.165) is 37.0 Å². The number of benzene rings is 1. The van der Waals surface area contributed by atoms with Crippen LogP contribution in [-0.4, -0.2) is 32.0 Å². The molecule has 0 bridgehead atoms. The Balaban J connectivity index is 1.63. The maximum atomic E-state index is 11.6. The summed E-state index contributed by atoms with van der Waals surface area (Å²) in [4.78, 5) is 23.2. The van der Waals surface area contributed by atoms with Crippen LogP contribution in [0.2, 0.25) is 0 Å². The summed E-state index contributed by atoms with van der Waals surface area (Å²) in [5.74, 6) is 0.788. The van der Waals surface area contributed by atoms with Crippen LogP contribution in [0.25, 0.3) is 0 Å². The van der Waals surface area contributed by atoms with Gasteiger partial charge < -0.3 is 15.4 Å². The molecular weight excluding hydrogens is 268 g/mol. The van der Waals surface area contributed by atoms with Gasteiger partial charge in [-0.05, 0) is 37.0 Å². The van der Waals surface area contributed by atoms with Crippen LogP contribution in [0.4, 0.5) is 0 Å². The van der Waals surface area contributed by atoms with E-state index in [2.05, 4.69) is 10.6 Å². The third-order valence-corrected chi connectivity index (χ3v) is 3.77. The molecule has 1 aliphatic rings. The van der Waals surface area contributed by atoms with Crippen molar-refractivity contribution in [3.05, 3.63) is 29.8 Å². The number of carbonyl (C=O) groups is 2. The lowest BCUT2D eigenvalue weighted by atomic mass is 9.85. The van der Waals surface area contributed by atoms with Crippen molar-refractivity contribution in [3.63, 3.8) is 0 Å². The number of amides is 2. The molecule has 0 heterocycles. The van der Waals surface area contributed by atoms with Crippen LogP contribution in [0, 0.1) is 5.92 Å². The first kappa shape index (κ1) is 15.4. The molecular formula is C16H22N2O3. The molecule has 1 saturated carbocycles. The molecule has 0 spiro atoms. The number of methoxy groups -OCH3 is 1. The number of rotatable bonds is 7. The second-order valence-corrected chi connectivity index (χ2v) is 5.30. The number of ether oxygens (including phenoxy) is 1. The van der Waals surface area contributed by atoms with Crippen molar-refractivity contribution < 1.29 is 14.3 Å². The molecule has 21 heavy (non-hydrogen) atoms. The quantitative estimate of drug-likeness (QED) is 0.794. The SMILES string of the molecule is COc1cccc(CCNC(=O)CNC(=O)C2CCC2)c1. The van der Waals surface area contributed by atoms with Crippen LogP contribution < -0.4 is 15.4 Å². The first-order valence-electron chi connectivity index (χ1n) is 7.36. The summed E-state index contributed by atoms with van der Waals surface area (Å²) < 4.78 is 5.15. The lowest BCUT2D eigenvalue weighted by Gasteiger charge is -2.23. The minimum atomic E-state index is -0.148. The highest BCUT2D eigenvalue weighted by Crippen LogP contribution is 2.25. The van der Waals surface area contributed by atoms with Crippen LogP contribution in [-0.2, 0) is 16.0 Å². The summed E-state index contributed by atoms with van der Waals surface area (Å²) in [6.07, 6.45) is 3.75. The van der Waals surface area contributed by atoms with Gasteiger partial charge in [0.15, 0.2) is 0 Å². The second-order valence-electron chi connectivity index (χ2n) is 5.30.